The van der Waals surface area contributed by atoms with Crippen LogP contribution in [0.4, 0.5) is 0 Å². The highest BCUT2D eigenvalue weighted by atomic mass is 31.2. The first-order chi connectivity index (χ1) is 27.2. The molecule has 10 nitrogen and oxygen atoms in total. The second kappa shape index (κ2) is 40.6. The SMILES string of the molecule is CC/C=C\C/C=C\C/C=C\C=C\C(O)C/C=C\C/C=C\CCC(=O)OC(COC(=O)CCCCCCCCCCCCCCCCC)COP(=O)(O)OCCN. The lowest BCUT2D eigenvalue weighted by molar-refractivity contribution is -0.161. The molecular formula is C45H78NO9P. The van der Waals surface area contributed by atoms with Crippen LogP contribution in [0.2, 0.25) is 0 Å². The smallest absolute Gasteiger partial charge is 0.462 e. The predicted octanol–water partition coefficient (Wildman–Crippen LogP) is 11.2. The zero-order valence-corrected chi connectivity index (χ0v) is 35.8. The summed E-state index contributed by atoms with van der Waals surface area (Å²) >= 11 is 0. The highest BCUT2D eigenvalue weighted by Gasteiger charge is 2.25. The van der Waals surface area contributed by atoms with E-state index >= 15 is 0 Å². The van der Waals surface area contributed by atoms with Gasteiger partial charge >= 0.3 is 19.8 Å². The van der Waals surface area contributed by atoms with E-state index in [1.54, 1.807) is 6.08 Å². The van der Waals surface area contributed by atoms with Gasteiger partial charge in [-0.05, 0) is 44.9 Å². The number of hydrogen-bond donors (Lipinski definition) is 3. The van der Waals surface area contributed by atoms with Crippen molar-refractivity contribution in [1.29, 1.82) is 0 Å². The number of phosphoric acid groups is 1. The van der Waals surface area contributed by atoms with Crippen LogP contribution in [-0.4, -0.2) is 60.5 Å². The number of allylic oxidation sites excluding steroid dienone is 10. The van der Waals surface area contributed by atoms with E-state index in [1.807, 2.05) is 42.5 Å². The van der Waals surface area contributed by atoms with Crippen molar-refractivity contribution in [1.82, 2.24) is 0 Å². The van der Waals surface area contributed by atoms with Gasteiger partial charge in [0.05, 0.1) is 19.3 Å². The van der Waals surface area contributed by atoms with E-state index < -0.39 is 38.6 Å². The number of aliphatic hydroxyl groups excluding tert-OH is 1. The van der Waals surface area contributed by atoms with Crippen LogP contribution in [0.5, 0.6) is 0 Å². The maximum atomic E-state index is 12.6. The van der Waals surface area contributed by atoms with Crippen molar-refractivity contribution in [2.24, 2.45) is 5.73 Å². The number of rotatable bonds is 39. The summed E-state index contributed by atoms with van der Waals surface area (Å²) in [5.41, 5.74) is 5.33. The van der Waals surface area contributed by atoms with Crippen molar-refractivity contribution in [2.45, 2.75) is 174 Å². The predicted molar refractivity (Wildman–Crippen MR) is 230 cm³/mol. The van der Waals surface area contributed by atoms with Crippen molar-refractivity contribution >= 4 is 19.8 Å². The molecule has 0 aliphatic rings. The van der Waals surface area contributed by atoms with E-state index in [0.717, 1.165) is 38.5 Å². The molecule has 3 unspecified atom stereocenters. The standard InChI is InChI=1S/C45H78NO9P/c1-3-5-7-9-11-13-15-16-17-18-19-21-23-28-32-36-44(48)52-40-43(41-54-56(50,51)53-39-38-46)55-45(49)37-33-29-25-24-27-31-35-42(47)34-30-26-22-20-14-12-10-8-6-4-2/h6,8,12,14,22,25-27,29-31,34,42-43,47H,3-5,7,9-11,13,15-21,23-24,28,32-33,35-41,46H2,1-2H3,(H,50,51)/b8-6-,14-12-,26-22-,29-25-,31-27-,34-30+. The monoisotopic (exact) mass is 808 g/mol. The molecule has 322 valence electrons. The molecule has 0 aromatic rings. The number of unbranched alkanes of at least 4 members (excludes halogenated alkanes) is 14. The van der Waals surface area contributed by atoms with Crippen molar-refractivity contribution in [3.05, 3.63) is 72.9 Å². The summed E-state index contributed by atoms with van der Waals surface area (Å²) in [6.45, 7) is 3.43. The molecule has 0 aliphatic heterocycles. The van der Waals surface area contributed by atoms with Crippen LogP contribution in [0.25, 0.3) is 0 Å². The molecule has 0 spiro atoms. The minimum Gasteiger partial charge on any atom is -0.462 e. The molecule has 3 atom stereocenters. The summed E-state index contributed by atoms with van der Waals surface area (Å²) in [5, 5.41) is 10.1. The van der Waals surface area contributed by atoms with Crippen molar-refractivity contribution in [2.75, 3.05) is 26.4 Å². The molecule has 0 bridgehead atoms. The molecule has 4 N–H and O–H groups in total. The molecule has 0 aliphatic carbocycles. The third-order valence-corrected chi connectivity index (χ3v) is 9.68. The van der Waals surface area contributed by atoms with Crippen LogP contribution in [0, 0.1) is 0 Å². The molecule has 0 aromatic carbocycles. The number of phosphoric ester groups is 1. The Morgan fingerprint density at radius 1 is 0.643 bits per heavy atom. The summed E-state index contributed by atoms with van der Waals surface area (Å²) in [6.07, 6.45) is 45.4. The molecule has 11 heteroatoms. The quantitative estimate of drug-likeness (QED) is 0.0180. The number of esters is 2. The minimum absolute atomic E-state index is 0.0279. The zero-order valence-electron chi connectivity index (χ0n) is 35.0. The van der Waals surface area contributed by atoms with Gasteiger partial charge in [-0.1, -0.05) is 177 Å². The van der Waals surface area contributed by atoms with Crippen LogP contribution in [0.15, 0.2) is 72.9 Å². The summed E-state index contributed by atoms with van der Waals surface area (Å²) in [6, 6.07) is 0. The van der Waals surface area contributed by atoms with Gasteiger partial charge < -0.3 is 25.2 Å². The Hall–Kier alpha value is -2.59. The van der Waals surface area contributed by atoms with Gasteiger partial charge in [-0.3, -0.25) is 18.6 Å². The molecule has 0 rings (SSSR count). The molecular weight excluding hydrogens is 729 g/mol. The largest absolute Gasteiger partial charge is 0.472 e. The van der Waals surface area contributed by atoms with Crippen molar-refractivity contribution in [3.8, 4) is 0 Å². The summed E-state index contributed by atoms with van der Waals surface area (Å²) < 4.78 is 32.6. The van der Waals surface area contributed by atoms with Gasteiger partial charge in [-0.25, -0.2) is 4.57 Å². The molecule has 0 aromatic heterocycles. The lowest BCUT2D eigenvalue weighted by Crippen LogP contribution is -2.29. The highest BCUT2D eigenvalue weighted by molar-refractivity contribution is 7.47. The number of ether oxygens (including phenoxy) is 2. The fraction of sp³-hybridized carbons (Fsp3) is 0.689. The van der Waals surface area contributed by atoms with E-state index in [2.05, 4.69) is 38.2 Å². The third kappa shape index (κ3) is 39.6. The fourth-order valence-corrected chi connectivity index (χ4v) is 6.27. The van der Waals surface area contributed by atoms with Gasteiger partial charge in [0.1, 0.15) is 6.61 Å². The number of nitrogens with two attached hydrogens (primary N) is 1. The van der Waals surface area contributed by atoms with E-state index in [0.29, 0.717) is 25.7 Å². The summed E-state index contributed by atoms with van der Waals surface area (Å²) in [7, 11) is -4.42. The fourth-order valence-electron chi connectivity index (χ4n) is 5.51. The lowest BCUT2D eigenvalue weighted by Gasteiger charge is -2.19. The number of carbonyl (C=O) groups excluding carboxylic acids is 2. The molecule has 0 amide bonds. The van der Waals surface area contributed by atoms with E-state index in [1.165, 1.54) is 70.6 Å². The second-order valence-corrected chi connectivity index (χ2v) is 15.5. The maximum Gasteiger partial charge on any atom is 0.472 e. The van der Waals surface area contributed by atoms with Crippen LogP contribution in [-0.2, 0) is 32.7 Å². The van der Waals surface area contributed by atoms with Gasteiger partial charge in [0, 0.05) is 19.4 Å². The Balaban J connectivity index is 4.37. The van der Waals surface area contributed by atoms with Crippen LogP contribution in [0.3, 0.4) is 0 Å². The van der Waals surface area contributed by atoms with Crippen molar-refractivity contribution < 1.29 is 42.7 Å². The first-order valence-corrected chi connectivity index (χ1v) is 23.0. The Kier molecular flexibility index (Phi) is 38.7. The van der Waals surface area contributed by atoms with E-state index in [-0.39, 0.29) is 32.6 Å². The van der Waals surface area contributed by atoms with Gasteiger partial charge in [-0.15, -0.1) is 0 Å². The Morgan fingerprint density at radius 2 is 1.20 bits per heavy atom. The number of hydrogen-bond acceptors (Lipinski definition) is 9. The molecule has 0 heterocycles. The Bertz CT molecular complexity index is 1160. The van der Waals surface area contributed by atoms with Gasteiger partial charge in [0.15, 0.2) is 6.10 Å². The van der Waals surface area contributed by atoms with Gasteiger partial charge in [-0.2, -0.15) is 0 Å². The summed E-state index contributed by atoms with van der Waals surface area (Å²) in [5.74, 6) is -0.977. The van der Waals surface area contributed by atoms with E-state index in [4.69, 9.17) is 24.3 Å². The zero-order chi connectivity index (χ0) is 41.2. The average molecular weight is 808 g/mol. The first-order valence-electron chi connectivity index (χ1n) is 21.5. The first kappa shape index (κ1) is 53.4. The summed E-state index contributed by atoms with van der Waals surface area (Å²) in [4.78, 5) is 34.8. The average Bonchev–Trinajstić information content (AvgIpc) is 3.18. The van der Waals surface area contributed by atoms with Crippen LogP contribution >= 0.6 is 7.82 Å². The topological polar surface area (TPSA) is 155 Å². The highest BCUT2D eigenvalue weighted by Crippen LogP contribution is 2.43. The number of aliphatic hydroxyl groups is 1. The van der Waals surface area contributed by atoms with Crippen LogP contribution in [0.1, 0.15) is 162 Å². The molecule has 0 saturated heterocycles. The van der Waals surface area contributed by atoms with E-state index in [9.17, 15) is 24.2 Å². The third-order valence-electron chi connectivity index (χ3n) is 8.70. The normalized spacial score (nSPS) is 14.6. The van der Waals surface area contributed by atoms with Crippen molar-refractivity contribution in [3.63, 3.8) is 0 Å². The van der Waals surface area contributed by atoms with Gasteiger partial charge in [0.25, 0.3) is 0 Å². The Morgan fingerprint density at radius 3 is 1.80 bits per heavy atom. The number of carbonyl (C=O) groups is 2. The minimum atomic E-state index is -4.42. The van der Waals surface area contributed by atoms with Crippen LogP contribution < -0.4 is 5.73 Å². The van der Waals surface area contributed by atoms with Gasteiger partial charge in [0.2, 0.25) is 0 Å². The lowest BCUT2D eigenvalue weighted by atomic mass is 10.0. The maximum absolute atomic E-state index is 12.6. The Labute approximate surface area is 340 Å². The molecule has 0 fully saturated rings. The second-order valence-electron chi connectivity index (χ2n) is 14.0. The molecule has 0 saturated carbocycles. The molecule has 56 heavy (non-hydrogen) atoms. The molecule has 0 radical (unpaired) electrons.